The third kappa shape index (κ3) is 4.50. The van der Waals surface area contributed by atoms with Crippen LogP contribution in [0.15, 0.2) is 24.3 Å². The number of carbonyl (C=O) groups excluding carboxylic acids is 1. The summed E-state index contributed by atoms with van der Waals surface area (Å²) in [6.07, 6.45) is 0. The molecule has 0 fully saturated rings. The van der Waals surface area contributed by atoms with Crippen LogP contribution in [0.2, 0.25) is 0 Å². The summed E-state index contributed by atoms with van der Waals surface area (Å²) in [5.41, 5.74) is 5.69. The van der Waals surface area contributed by atoms with Crippen molar-refractivity contribution in [2.24, 2.45) is 5.73 Å². The monoisotopic (exact) mass is 244 g/mol. The Morgan fingerprint density at radius 1 is 1.38 bits per heavy atom. The normalized spacial score (nSPS) is 12.1. The quantitative estimate of drug-likeness (QED) is 0.791. The predicted octanol–water partition coefficient (Wildman–Crippen LogP) is 0.472. The van der Waals surface area contributed by atoms with E-state index in [9.17, 15) is 13.4 Å². The molecule has 88 valence electrons. The van der Waals surface area contributed by atoms with Crippen LogP contribution < -0.4 is 11.1 Å². The van der Waals surface area contributed by atoms with Crippen molar-refractivity contribution in [2.45, 2.75) is 0 Å². The van der Waals surface area contributed by atoms with Crippen LogP contribution in [0.3, 0.4) is 0 Å². The lowest BCUT2D eigenvalue weighted by Gasteiger charge is -2.04. The molecule has 0 radical (unpaired) electrons. The Hall–Kier alpha value is -1.27. The van der Waals surface area contributed by atoms with Crippen molar-refractivity contribution in [1.82, 2.24) is 0 Å². The average molecular weight is 244 g/mol. The molecule has 1 amide bonds. The number of carbonyl (C=O) groups is 1. The van der Waals surface area contributed by atoms with E-state index in [1.165, 1.54) is 24.3 Å². The Kier molecular flexibility index (Phi) is 5.07. The van der Waals surface area contributed by atoms with E-state index < -0.39 is 10.8 Å². The van der Waals surface area contributed by atoms with Crippen LogP contribution in [-0.4, -0.2) is 28.2 Å². The largest absolute Gasteiger partial charge is 0.330 e. The molecule has 0 aromatic heterocycles. The Morgan fingerprint density at radius 2 is 2.00 bits per heavy atom. The first-order valence-electron chi connectivity index (χ1n) is 4.72. The van der Waals surface area contributed by atoms with Crippen LogP contribution in [-0.2, 0) is 15.6 Å². The lowest BCUT2D eigenvalue weighted by atomic mass is 10.3. The highest BCUT2D eigenvalue weighted by atomic mass is 32.2. The van der Waals surface area contributed by atoms with Crippen molar-refractivity contribution < 1.29 is 13.4 Å². The van der Waals surface area contributed by atoms with E-state index in [2.05, 4.69) is 5.32 Å². The zero-order valence-electron chi connectivity index (χ0n) is 8.61. The Bertz CT molecular complexity index is 381. The minimum atomic E-state index is -1.24. The first-order valence-corrected chi connectivity index (χ1v) is 6.21. The second-order valence-corrected chi connectivity index (χ2v) is 4.71. The fraction of sp³-hybridized carbons (Fsp3) is 0.300. The summed E-state index contributed by atoms with van der Waals surface area (Å²) >= 11 is 0. The van der Waals surface area contributed by atoms with Crippen molar-refractivity contribution >= 4 is 22.4 Å². The van der Waals surface area contributed by atoms with Gasteiger partial charge in [0.25, 0.3) is 0 Å². The van der Waals surface area contributed by atoms with Crippen LogP contribution in [0.4, 0.5) is 10.1 Å². The summed E-state index contributed by atoms with van der Waals surface area (Å²) in [6.45, 7) is 0.288. The van der Waals surface area contributed by atoms with Gasteiger partial charge < -0.3 is 11.1 Å². The van der Waals surface area contributed by atoms with Gasteiger partial charge in [0.2, 0.25) is 5.91 Å². The maximum atomic E-state index is 12.6. The van der Waals surface area contributed by atoms with Gasteiger partial charge in [-0.2, -0.15) is 0 Å². The van der Waals surface area contributed by atoms with Crippen LogP contribution in [0, 0.1) is 5.82 Å². The highest BCUT2D eigenvalue weighted by molar-refractivity contribution is 7.85. The molecule has 0 bridgehead atoms. The highest BCUT2D eigenvalue weighted by Gasteiger charge is 2.07. The summed E-state index contributed by atoms with van der Waals surface area (Å²) in [6, 6.07) is 5.37. The second kappa shape index (κ2) is 6.34. The number of hydrogen-bond donors (Lipinski definition) is 2. The van der Waals surface area contributed by atoms with Crippen LogP contribution in [0.25, 0.3) is 0 Å². The van der Waals surface area contributed by atoms with E-state index in [4.69, 9.17) is 5.73 Å². The molecule has 1 unspecified atom stereocenters. The third-order valence-corrected chi connectivity index (χ3v) is 3.04. The Labute approximate surface area is 95.5 Å². The second-order valence-electron chi connectivity index (χ2n) is 3.13. The molecule has 0 aliphatic rings. The van der Waals surface area contributed by atoms with Gasteiger partial charge in [-0.15, -0.1) is 0 Å². The first kappa shape index (κ1) is 12.8. The molecule has 0 aliphatic carbocycles. The molecule has 1 atom stereocenters. The van der Waals surface area contributed by atoms with E-state index >= 15 is 0 Å². The summed E-state index contributed by atoms with van der Waals surface area (Å²) in [7, 11) is -1.24. The summed E-state index contributed by atoms with van der Waals surface area (Å²) in [4.78, 5) is 11.3. The molecular formula is C10H13FN2O2S. The summed E-state index contributed by atoms with van der Waals surface area (Å²) < 4.78 is 23.8. The molecule has 0 saturated heterocycles. The SMILES string of the molecule is NCCS(=O)CC(=O)Nc1ccc(F)cc1. The molecule has 6 heteroatoms. The number of halogens is 1. The third-order valence-electron chi connectivity index (χ3n) is 1.77. The van der Waals surface area contributed by atoms with Gasteiger partial charge in [-0.1, -0.05) is 0 Å². The first-order chi connectivity index (χ1) is 7.61. The van der Waals surface area contributed by atoms with Gasteiger partial charge in [0.05, 0.1) is 0 Å². The maximum absolute atomic E-state index is 12.6. The van der Waals surface area contributed by atoms with Gasteiger partial charge in [0, 0.05) is 28.8 Å². The van der Waals surface area contributed by atoms with Gasteiger partial charge in [-0.3, -0.25) is 9.00 Å². The smallest absolute Gasteiger partial charge is 0.236 e. The van der Waals surface area contributed by atoms with E-state index in [1.54, 1.807) is 0 Å². The van der Waals surface area contributed by atoms with E-state index in [-0.39, 0.29) is 24.0 Å². The van der Waals surface area contributed by atoms with E-state index in [1.807, 2.05) is 0 Å². The Morgan fingerprint density at radius 3 is 2.56 bits per heavy atom. The molecule has 0 saturated carbocycles. The van der Waals surface area contributed by atoms with Crippen LogP contribution in [0.5, 0.6) is 0 Å². The van der Waals surface area contributed by atoms with Crippen molar-refractivity contribution in [3.63, 3.8) is 0 Å². The number of rotatable bonds is 5. The van der Waals surface area contributed by atoms with E-state index in [0.29, 0.717) is 11.4 Å². The number of amides is 1. The lowest BCUT2D eigenvalue weighted by Crippen LogP contribution is -2.23. The minimum Gasteiger partial charge on any atom is -0.330 e. The fourth-order valence-corrected chi connectivity index (χ4v) is 1.85. The molecule has 1 rings (SSSR count). The van der Waals surface area contributed by atoms with E-state index in [0.717, 1.165) is 0 Å². The number of nitrogens with one attached hydrogen (secondary N) is 1. The molecule has 0 spiro atoms. The standard InChI is InChI=1S/C10H13FN2O2S/c11-8-1-3-9(4-2-8)13-10(14)7-16(15)6-5-12/h1-4H,5-7,12H2,(H,13,14). The van der Waals surface area contributed by atoms with Crippen molar-refractivity contribution in [2.75, 3.05) is 23.4 Å². The van der Waals surface area contributed by atoms with Crippen LogP contribution >= 0.6 is 0 Å². The van der Waals surface area contributed by atoms with Gasteiger partial charge in [0.15, 0.2) is 0 Å². The minimum absolute atomic E-state index is 0.0887. The molecule has 0 heterocycles. The topological polar surface area (TPSA) is 72.2 Å². The van der Waals surface area contributed by atoms with Crippen molar-refractivity contribution in [3.8, 4) is 0 Å². The molecule has 16 heavy (non-hydrogen) atoms. The molecule has 3 N–H and O–H groups in total. The average Bonchev–Trinajstić information content (AvgIpc) is 2.21. The predicted molar refractivity (Wildman–Crippen MR) is 62.0 cm³/mol. The van der Waals surface area contributed by atoms with Gasteiger partial charge in [0.1, 0.15) is 11.6 Å². The maximum Gasteiger partial charge on any atom is 0.236 e. The van der Waals surface area contributed by atoms with Crippen LogP contribution in [0.1, 0.15) is 0 Å². The zero-order valence-corrected chi connectivity index (χ0v) is 9.43. The van der Waals surface area contributed by atoms with Gasteiger partial charge in [-0.25, -0.2) is 4.39 Å². The zero-order chi connectivity index (χ0) is 12.0. The van der Waals surface area contributed by atoms with Gasteiger partial charge >= 0.3 is 0 Å². The molecule has 4 nitrogen and oxygen atoms in total. The van der Waals surface area contributed by atoms with Crippen molar-refractivity contribution in [3.05, 3.63) is 30.1 Å². The number of benzene rings is 1. The molecule has 0 aliphatic heterocycles. The fourth-order valence-electron chi connectivity index (χ4n) is 1.08. The highest BCUT2D eigenvalue weighted by Crippen LogP contribution is 2.07. The Balaban J connectivity index is 2.45. The molecule has 1 aromatic rings. The summed E-state index contributed by atoms with van der Waals surface area (Å²) in [5, 5.41) is 2.52. The number of hydrogen-bond acceptors (Lipinski definition) is 3. The summed E-state index contributed by atoms with van der Waals surface area (Å²) in [5.74, 6) is -0.520. The molecule has 1 aromatic carbocycles. The number of anilines is 1. The van der Waals surface area contributed by atoms with Crippen molar-refractivity contribution in [1.29, 1.82) is 0 Å². The number of nitrogens with two attached hydrogens (primary N) is 1. The molecular weight excluding hydrogens is 231 g/mol. The lowest BCUT2D eigenvalue weighted by molar-refractivity contribution is -0.113. The van der Waals surface area contributed by atoms with Gasteiger partial charge in [-0.05, 0) is 24.3 Å².